The summed E-state index contributed by atoms with van der Waals surface area (Å²) >= 11 is 0. The van der Waals surface area contributed by atoms with Crippen LogP contribution < -0.4 is 10.2 Å². The number of ether oxygens (including phenoxy) is 1. The molecule has 3 rings (SSSR count). The molecule has 0 radical (unpaired) electrons. The van der Waals surface area contributed by atoms with E-state index in [1.165, 1.54) is 18.4 Å². The molecule has 2 aromatic rings. The second kappa shape index (κ2) is 8.14. The number of hydroxylamine groups is 1. The fourth-order valence-electron chi connectivity index (χ4n) is 3.47. The molecule has 1 atom stereocenters. The molecule has 1 aliphatic heterocycles. The van der Waals surface area contributed by atoms with E-state index in [1.807, 2.05) is 24.3 Å². The monoisotopic (exact) mass is 340 g/mol. The predicted molar refractivity (Wildman–Crippen MR) is 95.7 cm³/mol. The Balaban J connectivity index is 1.75. The molecule has 0 aromatic heterocycles. The number of amides is 1. The van der Waals surface area contributed by atoms with Crippen LogP contribution in [0.15, 0.2) is 48.5 Å². The molecule has 132 valence electrons. The van der Waals surface area contributed by atoms with Crippen molar-refractivity contribution >= 4 is 5.91 Å². The second-order valence-electron chi connectivity index (χ2n) is 6.40. The summed E-state index contributed by atoms with van der Waals surface area (Å²) in [4.78, 5) is 13.9. The summed E-state index contributed by atoms with van der Waals surface area (Å²) in [5, 5.41) is 8.70. The number of carbonyl (C=O) groups excluding carboxylic acids is 1. The van der Waals surface area contributed by atoms with Crippen molar-refractivity contribution in [2.45, 2.75) is 31.8 Å². The molecule has 0 bridgehead atoms. The van der Waals surface area contributed by atoms with E-state index in [-0.39, 0.29) is 0 Å². The van der Waals surface area contributed by atoms with Gasteiger partial charge >= 0.3 is 0 Å². The zero-order chi connectivity index (χ0) is 17.6. The highest BCUT2D eigenvalue weighted by Gasteiger charge is 2.24. The van der Waals surface area contributed by atoms with Crippen LogP contribution in [0.4, 0.5) is 0 Å². The number of carbonyl (C=O) groups is 1. The maximum absolute atomic E-state index is 11.4. The van der Waals surface area contributed by atoms with Gasteiger partial charge in [0.2, 0.25) is 0 Å². The molecule has 1 unspecified atom stereocenters. The lowest BCUT2D eigenvalue weighted by Gasteiger charge is -2.36. The fourth-order valence-corrected chi connectivity index (χ4v) is 3.47. The van der Waals surface area contributed by atoms with E-state index in [2.05, 4.69) is 17.0 Å². The van der Waals surface area contributed by atoms with Gasteiger partial charge in [-0.2, -0.15) is 0 Å². The highest BCUT2D eigenvalue weighted by atomic mass is 16.5. The molecule has 0 spiro atoms. The van der Waals surface area contributed by atoms with Crippen molar-refractivity contribution in [1.29, 1.82) is 0 Å². The van der Waals surface area contributed by atoms with Crippen molar-refractivity contribution in [3.8, 4) is 5.75 Å². The minimum Gasteiger partial charge on any atom is -0.497 e. The van der Waals surface area contributed by atoms with E-state index < -0.39 is 5.91 Å². The first-order valence-electron chi connectivity index (χ1n) is 8.62. The SMILES string of the molecule is COc1cccc(C2CCCCN2Cc2ccc(C(=O)NO)cc2)c1. The summed E-state index contributed by atoms with van der Waals surface area (Å²) in [7, 11) is 1.70. The average molecular weight is 340 g/mol. The van der Waals surface area contributed by atoms with E-state index in [0.29, 0.717) is 11.6 Å². The third-order valence-electron chi connectivity index (χ3n) is 4.80. The minimum absolute atomic E-state index is 0.379. The van der Waals surface area contributed by atoms with Gasteiger partial charge in [0.15, 0.2) is 0 Å². The Morgan fingerprint density at radius 1 is 1.24 bits per heavy atom. The molecule has 1 saturated heterocycles. The van der Waals surface area contributed by atoms with Crippen molar-refractivity contribution in [1.82, 2.24) is 10.4 Å². The molecule has 25 heavy (non-hydrogen) atoms. The first kappa shape index (κ1) is 17.5. The van der Waals surface area contributed by atoms with Crippen LogP contribution in [0.5, 0.6) is 5.75 Å². The normalized spacial score (nSPS) is 17.9. The molecule has 5 heteroatoms. The van der Waals surface area contributed by atoms with Gasteiger partial charge in [-0.15, -0.1) is 0 Å². The predicted octanol–water partition coefficient (Wildman–Crippen LogP) is 3.54. The highest BCUT2D eigenvalue weighted by molar-refractivity contribution is 5.93. The van der Waals surface area contributed by atoms with Crippen LogP contribution >= 0.6 is 0 Å². The molecular weight excluding hydrogens is 316 g/mol. The molecule has 2 N–H and O–H groups in total. The number of rotatable bonds is 5. The smallest absolute Gasteiger partial charge is 0.274 e. The van der Waals surface area contributed by atoms with Gasteiger partial charge in [0.1, 0.15) is 5.75 Å². The number of methoxy groups -OCH3 is 1. The summed E-state index contributed by atoms with van der Waals surface area (Å²) in [6.45, 7) is 1.89. The van der Waals surface area contributed by atoms with Crippen LogP contribution in [0.25, 0.3) is 0 Å². The van der Waals surface area contributed by atoms with Gasteiger partial charge in [-0.1, -0.05) is 30.7 Å². The summed E-state index contributed by atoms with van der Waals surface area (Å²) in [5.41, 5.74) is 4.56. The van der Waals surface area contributed by atoms with Crippen LogP contribution in [-0.2, 0) is 6.54 Å². The van der Waals surface area contributed by atoms with Gasteiger partial charge in [0, 0.05) is 18.2 Å². The van der Waals surface area contributed by atoms with Crippen molar-refractivity contribution in [2.75, 3.05) is 13.7 Å². The number of hydrogen-bond acceptors (Lipinski definition) is 4. The first-order valence-corrected chi connectivity index (χ1v) is 8.62. The van der Waals surface area contributed by atoms with Crippen LogP contribution in [0.2, 0.25) is 0 Å². The van der Waals surface area contributed by atoms with Crippen LogP contribution in [-0.4, -0.2) is 29.7 Å². The van der Waals surface area contributed by atoms with Crippen LogP contribution in [0, 0.1) is 0 Å². The van der Waals surface area contributed by atoms with Crippen molar-refractivity contribution in [3.63, 3.8) is 0 Å². The Morgan fingerprint density at radius 2 is 2.04 bits per heavy atom. The number of nitrogens with zero attached hydrogens (tertiary/aromatic N) is 1. The summed E-state index contributed by atoms with van der Waals surface area (Å²) < 4.78 is 5.37. The second-order valence-corrected chi connectivity index (χ2v) is 6.40. The van der Waals surface area contributed by atoms with Gasteiger partial charge < -0.3 is 4.74 Å². The lowest BCUT2D eigenvalue weighted by molar-refractivity contribution is 0.0706. The largest absolute Gasteiger partial charge is 0.497 e. The van der Waals surface area contributed by atoms with Gasteiger partial charge in [-0.25, -0.2) is 5.48 Å². The number of benzene rings is 2. The van der Waals surface area contributed by atoms with E-state index >= 15 is 0 Å². The molecule has 1 amide bonds. The lowest BCUT2D eigenvalue weighted by atomic mass is 9.94. The maximum Gasteiger partial charge on any atom is 0.274 e. The average Bonchev–Trinajstić information content (AvgIpc) is 2.68. The first-order chi connectivity index (χ1) is 12.2. The Bertz CT molecular complexity index is 715. The number of nitrogens with one attached hydrogen (secondary N) is 1. The van der Waals surface area contributed by atoms with Crippen molar-refractivity contribution in [2.24, 2.45) is 0 Å². The van der Waals surface area contributed by atoms with Gasteiger partial charge in [0.25, 0.3) is 5.91 Å². The lowest BCUT2D eigenvalue weighted by Crippen LogP contribution is -2.33. The van der Waals surface area contributed by atoms with E-state index in [4.69, 9.17) is 9.94 Å². The quantitative estimate of drug-likeness (QED) is 0.645. The third kappa shape index (κ3) is 4.18. The van der Waals surface area contributed by atoms with Crippen molar-refractivity contribution < 1.29 is 14.7 Å². The topological polar surface area (TPSA) is 61.8 Å². The Hall–Kier alpha value is -2.37. The Kier molecular flexibility index (Phi) is 5.68. The number of likely N-dealkylation sites (tertiary alicyclic amines) is 1. The molecule has 1 heterocycles. The molecule has 5 nitrogen and oxygen atoms in total. The van der Waals surface area contributed by atoms with Crippen molar-refractivity contribution in [3.05, 3.63) is 65.2 Å². The number of piperidine rings is 1. The molecular formula is C20H24N2O3. The van der Waals surface area contributed by atoms with Gasteiger partial charge in [-0.3, -0.25) is 14.9 Å². The Morgan fingerprint density at radius 3 is 2.76 bits per heavy atom. The zero-order valence-electron chi connectivity index (χ0n) is 14.4. The minimum atomic E-state index is -0.487. The molecule has 0 saturated carbocycles. The van der Waals surface area contributed by atoms with E-state index in [1.54, 1.807) is 24.7 Å². The summed E-state index contributed by atoms with van der Waals surface area (Å²) in [5.74, 6) is 0.404. The molecule has 2 aromatic carbocycles. The van der Waals surface area contributed by atoms with E-state index in [0.717, 1.165) is 30.8 Å². The third-order valence-corrected chi connectivity index (χ3v) is 4.80. The van der Waals surface area contributed by atoms with Gasteiger partial charge in [-0.05, 0) is 54.8 Å². The van der Waals surface area contributed by atoms with E-state index in [9.17, 15) is 4.79 Å². The highest BCUT2D eigenvalue weighted by Crippen LogP contribution is 2.33. The summed E-state index contributed by atoms with van der Waals surface area (Å²) in [6, 6.07) is 16.1. The van der Waals surface area contributed by atoms with Gasteiger partial charge in [0.05, 0.1) is 7.11 Å². The molecule has 1 aliphatic rings. The molecule has 1 fully saturated rings. The Labute approximate surface area is 148 Å². The van der Waals surface area contributed by atoms with Crippen LogP contribution in [0.3, 0.4) is 0 Å². The fraction of sp³-hybridized carbons (Fsp3) is 0.350. The molecule has 0 aliphatic carbocycles. The summed E-state index contributed by atoms with van der Waals surface area (Å²) in [6.07, 6.45) is 3.57. The maximum atomic E-state index is 11.4. The van der Waals surface area contributed by atoms with Crippen LogP contribution in [0.1, 0.15) is 46.8 Å². The number of hydrogen-bond donors (Lipinski definition) is 2. The zero-order valence-corrected chi connectivity index (χ0v) is 14.4. The standard InChI is InChI=1S/C20H24N2O3/c1-25-18-6-4-5-17(13-18)19-7-2-3-12-22(19)14-15-8-10-16(11-9-15)20(23)21-24/h4-6,8-11,13,19,24H,2-3,7,12,14H2,1H3,(H,21,23).